The highest BCUT2D eigenvalue weighted by Gasteiger charge is 2.27. The summed E-state index contributed by atoms with van der Waals surface area (Å²) in [6, 6.07) is 0.774. The Morgan fingerprint density at radius 1 is 0.933 bits per heavy atom. The summed E-state index contributed by atoms with van der Waals surface area (Å²) in [7, 11) is 0. The topological polar surface area (TPSA) is 12.0 Å². The minimum Gasteiger partial charge on any atom is -0.308 e. The van der Waals surface area contributed by atoms with Gasteiger partial charge in [0, 0.05) is 12.1 Å². The van der Waals surface area contributed by atoms with Crippen molar-refractivity contribution >= 4 is 0 Å². The molecule has 88 valence electrons. The van der Waals surface area contributed by atoms with E-state index in [1.54, 1.807) is 0 Å². The molecule has 0 aromatic carbocycles. The van der Waals surface area contributed by atoms with Crippen molar-refractivity contribution in [3.63, 3.8) is 0 Å². The van der Waals surface area contributed by atoms with Crippen molar-refractivity contribution in [1.29, 1.82) is 0 Å². The Kier molecular flexibility index (Phi) is 4.42. The van der Waals surface area contributed by atoms with Crippen molar-refractivity contribution in [3.05, 3.63) is 0 Å². The monoisotopic (exact) mass is 213 g/mol. The smallest absolute Gasteiger partial charge is 0.105 e. The van der Waals surface area contributed by atoms with Crippen LogP contribution >= 0.6 is 0 Å². The van der Waals surface area contributed by atoms with E-state index < -0.39 is 0 Å². The average Bonchev–Trinajstić information content (AvgIpc) is 2.81. The molecule has 2 saturated carbocycles. The molecule has 1 nitrogen and oxygen atoms in total. The fourth-order valence-electron chi connectivity index (χ4n) is 3.24. The summed E-state index contributed by atoms with van der Waals surface area (Å²) in [5, 5.41) is 3.57. The Hall–Kier alpha value is -0.110. The van der Waals surface area contributed by atoms with Gasteiger partial charge in [0.05, 0.1) is 0 Å². The molecule has 0 aromatic heterocycles. The molecule has 0 spiro atoms. The summed E-state index contributed by atoms with van der Waals surface area (Å²) in [5.41, 5.74) is 0. The van der Waals surface area contributed by atoms with E-state index in [1.807, 2.05) is 0 Å². The summed E-state index contributed by atoms with van der Waals surface area (Å²) in [4.78, 5) is 0. The van der Waals surface area contributed by atoms with E-state index in [2.05, 4.69) is 5.32 Å². The Bertz CT molecular complexity index is 171. The molecule has 1 unspecified atom stereocenters. The summed E-state index contributed by atoms with van der Waals surface area (Å²) in [6.45, 7) is -0.166. The largest absolute Gasteiger partial charge is 0.308 e. The first-order valence-corrected chi connectivity index (χ1v) is 6.72. The van der Waals surface area contributed by atoms with Crippen LogP contribution in [0.25, 0.3) is 0 Å². The maximum absolute atomic E-state index is 13.0. The van der Waals surface area contributed by atoms with Crippen molar-refractivity contribution in [2.45, 2.75) is 69.9 Å². The maximum atomic E-state index is 13.0. The SMILES string of the molecule is FCC(NC1CCCCC1)C1CCCC1. The molecule has 0 bridgehead atoms. The van der Waals surface area contributed by atoms with Crippen molar-refractivity contribution in [2.24, 2.45) is 5.92 Å². The third kappa shape index (κ3) is 3.17. The summed E-state index contributed by atoms with van der Waals surface area (Å²) in [6.07, 6.45) is 11.7. The molecule has 0 heterocycles. The highest BCUT2D eigenvalue weighted by atomic mass is 19.1. The maximum Gasteiger partial charge on any atom is 0.105 e. The van der Waals surface area contributed by atoms with Crippen molar-refractivity contribution in [1.82, 2.24) is 5.32 Å². The van der Waals surface area contributed by atoms with Gasteiger partial charge in [-0.1, -0.05) is 32.1 Å². The Morgan fingerprint density at radius 2 is 1.53 bits per heavy atom. The van der Waals surface area contributed by atoms with Gasteiger partial charge < -0.3 is 5.32 Å². The minimum atomic E-state index is -0.166. The number of hydrogen-bond acceptors (Lipinski definition) is 1. The van der Waals surface area contributed by atoms with Crippen molar-refractivity contribution < 1.29 is 4.39 Å². The van der Waals surface area contributed by atoms with E-state index in [9.17, 15) is 4.39 Å². The Labute approximate surface area is 92.8 Å². The number of nitrogens with one attached hydrogen (secondary N) is 1. The molecular formula is C13H24FN. The molecular weight excluding hydrogens is 189 g/mol. The third-order valence-corrected chi connectivity index (χ3v) is 4.19. The van der Waals surface area contributed by atoms with Crippen LogP contribution in [-0.4, -0.2) is 18.8 Å². The van der Waals surface area contributed by atoms with Gasteiger partial charge in [-0.25, -0.2) is 4.39 Å². The summed E-state index contributed by atoms with van der Waals surface area (Å²) in [5.74, 6) is 0.622. The quantitative estimate of drug-likeness (QED) is 0.754. The molecule has 2 aliphatic carbocycles. The first kappa shape index (κ1) is 11.4. The zero-order valence-electron chi connectivity index (χ0n) is 9.68. The fraction of sp³-hybridized carbons (Fsp3) is 1.00. The third-order valence-electron chi connectivity index (χ3n) is 4.19. The van der Waals surface area contributed by atoms with Gasteiger partial charge >= 0.3 is 0 Å². The molecule has 1 atom stereocenters. The molecule has 0 radical (unpaired) electrons. The summed E-state index contributed by atoms with van der Waals surface area (Å²) >= 11 is 0. The van der Waals surface area contributed by atoms with Crippen LogP contribution in [0.1, 0.15) is 57.8 Å². The van der Waals surface area contributed by atoms with Gasteiger partial charge in [-0.15, -0.1) is 0 Å². The average molecular weight is 213 g/mol. The van der Waals surface area contributed by atoms with Gasteiger partial charge in [0.25, 0.3) is 0 Å². The van der Waals surface area contributed by atoms with Gasteiger partial charge in [0.1, 0.15) is 6.67 Å². The van der Waals surface area contributed by atoms with Gasteiger partial charge in [-0.3, -0.25) is 0 Å². The second-order valence-corrected chi connectivity index (χ2v) is 5.31. The zero-order valence-corrected chi connectivity index (χ0v) is 9.68. The minimum absolute atomic E-state index is 0.163. The Morgan fingerprint density at radius 3 is 2.13 bits per heavy atom. The van der Waals surface area contributed by atoms with Gasteiger partial charge in [-0.2, -0.15) is 0 Å². The molecule has 2 rings (SSSR count). The van der Waals surface area contributed by atoms with Crippen LogP contribution < -0.4 is 5.32 Å². The standard InChI is InChI=1S/C13H24FN/c14-10-13(11-6-4-5-7-11)15-12-8-2-1-3-9-12/h11-13,15H,1-10H2. The molecule has 15 heavy (non-hydrogen) atoms. The van der Waals surface area contributed by atoms with Gasteiger partial charge in [0.2, 0.25) is 0 Å². The lowest BCUT2D eigenvalue weighted by molar-refractivity contribution is 0.239. The lowest BCUT2D eigenvalue weighted by Crippen LogP contribution is -2.44. The number of alkyl halides is 1. The molecule has 0 aliphatic heterocycles. The number of rotatable bonds is 4. The molecule has 2 heteroatoms. The van der Waals surface area contributed by atoms with E-state index in [4.69, 9.17) is 0 Å². The fourth-order valence-corrected chi connectivity index (χ4v) is 3.24. The van der Waals surface area contributed by atoms with E-state index in [0.29, 0.717) is 12.0 Å². The first-order chi connectivity index (χ1) is 7.40. The molecule has 2 aliphatic rings. The van der Waals surface area contributed by atoms with Crippen molar-refractivity contribution in [2.75, 3.05) is 6.67 Å². The van der Waals surface area contributed by atoms with E-state index in [0.717, 1.165) is 0 Å². The summed E-state index contributed by atoms with van der Waals surface area (Å²) < 4.78 is 13.0. The van der Waals surface area contributed by atoms with Gasteiger partial charge in [-0.05, 0) is 31.6 Å². The van der Waals surface area contributed by atoms with Crippen LogP contribution in [0.15, 0.2) is 0 Å². The van der Waals surface area contributed by atoms with Crippen LogP contribution in [0.3, 0.4) is 0 Å². The lowest BCUT2D eigenvalue weighted by atomic mass is 9.92. The number of hydrogen-bond donors (Lipinski definition) is 1. The van der Waals surface area contributed by atoms with E-state index >= 15 is 0 Å². The molecule has 0 saturated heterocycles. The predicted molar refractivity (Wildman–Crippen MR) is 61.7 cm³/mol. The number of halogens is 1. The molecule has 1 N–H and O–H groups in total. The normalized spacial score (nSPS) is 27.0. The Balaban J connectivity index is 1.78. The second kappa shape index (κ2) is 5.83. The van der Waals surface area contributed by atoms with Crippen LogP contribution in [0.5, 0.6) is 0 Å². The van der Waals surface area contributed by atoms with Gasteiger partial charge in [0.15, 0.2) is 0 Å². The second-order valence-electron chi connectivity index (χ2n) is 5.31. The zero-order chi connectivity index (χ0) is 10.5. The van der Waals surface area contributed by atoms with Crippen LogP contribution in [0, 0.1) is 5.92 Å². The van der Waals surface area contributed by atoms with Crippen LogP contribution in [-0.2, 0) is 0 Å². The molecule has 2 fully saturated rings. The predicted octanol–water partition coefficient (Wildman–Crippen LogP) is 3.44. The lowest BCUT2D eigenvalue weighted by Gasteiger charge is -2.30. The van der Waals surface area contributed by atoms with Crippen LogP contribution in [0.4, 0.5) is 4.39 Å². The first-order valence-electron chi connectivity index (χ1n) is 6.72. The molecule has 0 aromatic rings. The molecule has 0 amide bonds. The highest BCUT2D eigenvalue weighted by Crippen LogP contribution is 2.29. The van der Waals surface area contributed by atoms with Crippen molar-refractivity contribution in [3.8, 4) is 0 Å². The van der Waals surface area contributed by atoms with E-state index in [-0.39, 0.29) is 12.7 Å². The highest BCUT2D eigenvalue weighted by molar-refractivity contribution is 4.84. The van der Waals surface area contributed by atoms with E-state index in [1.165, 1.54) is 57.8 Å². The van der Waals surface area contributed by atoms with Crippen LogP contribution in [0.2, 0.25) is 0 Å².